The number of ether oxygens (including phenoxy) is 1. The Hall–Kier alpha value is -2.93. The fraction of sp³-hybridized carbons (Fsp3) is 0.645. The minimum absolute atomic E-state index is 0.00463. The Balaban J connectivity index is -0.000000133. The van der Waals surface area contributed by atoms with Crippen LogP contribution in [0.5, 0.6) is 0 Å². The van der Waals surface area contributed by atoms with Crippen LogP contribution >= 0.6 is 0 Å². The Morgan fingerprint density at radius 1 is 1.05 bits per heavy atom. The molecule has 0 aliphatic carbocycles. The number of aldehydes is 2. The molecule has 0 radical (unpaired) electrons. The molecule has 0 fully saturated rings. The molecule has 0 aromatic heterocycles. The van der Waals surface area contributed by atoms with Crippen LogP contribution in [-0.4, -0.2) is 59.2 Å². The number of nitriles is 1. The van der Waals surface area contributed by atoms with Crippen LogP contribution < -0.4 is 16.4 Å². The molecule has 2 atom stereocenters. The summed E-state index contributed by atoms with van der Waals surface area (Å²) >= 11 is 0. The topological polar surface area (TPSA) is 151 Å². The molecule has 2 unspecified atom stereocenters. The van der Waals surface area contributed by atoms with Crippen molar-refractivity contribution in [1.82, 2.24) is 10.6 Å². The Morgan fingerprint density at radius 3 is 1.90 bits per heavy atom. The van der Waals surface area contributed by atoms with Gasteiger partial charge in [0.25, 0.3) is 0 Å². The zero-order valence-electron chi connectivity index (χ0n) is 26.8. The van der Waals surface area contributed by atoms with Gasteiger partial charge in [0, 0.05) is 27.1 Å². The van der Waals surface area contributed by atoms with Gasteiger partial charge >= 0.3 is 0 Å². The first-order chi connectivity index (χ1) is 19.0. The first-order valence-corrected chi connectivity index (χ1v) is 13.8. The molecule has 0 heterocycles. The second-order valence-corrected chi connectivity index (χ2v) is 9.16. The highest BCUT2D eigenvalue weighted by molar-refractivity contribution is 5.85. The van der Waals surface area contributed by atoms with Crippen LogP contribution in [0.25, 0.3) is 0 Å². The number of carbonyl (C=O) groups is 4. The average Bonchev–Trinajstić information content (AvgIpc) is 2.96. The molecular formula is C31H58N4O5. The molecule has 0 bridgehead atoms. The van der Waals surface area contributed by atoms with E-state index in [1.165, 1.54) is 26.3 Å². The van der Waals surface area contributed by atoms with Gasteiger partial charge in [-0.1, -0.05) is 65.2 Å². The summed E-state index contributed by atoms with van der Waals surface area (Å²) in [5, 5.41) is 13.4. The molecule has 1 rings (SSSR count). The van der Waals surface area contributed by atoms with Gasteiger partial charge < -0.3 is 25.4 Å². The third-order valence-corrected chi connectivity index (χ3v) is 4.92. The lowest BCUT2D eigenvalue weighted by atomic mass is 9.99. The van der Waals surface area contributed by atoms with Crippen molar-refractivity contribution in [3.63, 3.8) is 0 Å². The first kappa shape index (κ1) is 46.9. The lowest BCUT2D eigenvalue weighted by molar-refractivity contribution is -0.125. The highest BCUT2D eigenvalue weighted by Crippen LogP contribution is 2.13. The monoisotopic (exact) mass is 566 g/mol. The van der Waals surface area contributed by atoms with Crippen molar-refractivity contribution in [3.05, 3.63) is 35.4 Å². The summed E-state index contributed by atoms with van der Waals surface area (Å²) in [7, 11) is 6.50. The maximum Gasteiger partial charge on any atom is 0.226 e. The molecule has 0 spiro atoms. The average molecular weight is 567 g/mol. The van der Waals surface area contributed by atoms with E-state index in [4.69, 9.17) is 5.26 Å². The lowest BCUT2D eigenvalue weighted by Gasteiger charge is -2.08. The molecule has 1 aromatic carbocycles. The Morgan fingerprint density at radius 2 is 1.60 bits per heavy atom. The molecule has 232 valence electrons. The summed E-state index contributed by atoms with van der Waals surface area (Å²) in [6.07, 6.45) is 8.95. The molecule has 2 amide bonds. The van der Waals surface area contributed by atoms with E-state index in [1.807, 2.05) is 31.2 Å². The molecular weight excluding hydrogens is 508 g/mol. The Kier molecular flexibility index (Phi) is 47.6. The van der Waals surface area contributed by atoms with E-state index in [-0.39, 0.29) is 11.9 Å². The number of unbranched alkanes of at least 4 members (excludes halogenated alkanes) is 1. The minimum atomic E-state index is -0.168. The molecule has 1 aromatic rings. The number of amides is 2. The predicted octanol–water partition coefficient (Wildman–Crippen LogP) is 4.98. The van der Waals surface area contributed by atoms with Crippen molar-refractivity contribution in [2.45, 2.75) is 92.5 Å². The van der Waals surface area contributed by atoms with Gasteiger partial charge in [-0.3, -0.25) is 14.9 Å². The van der Waals surface area contributed by atoms with Gasteiger partial charge in [0.2, 0.25) is 12.3 Å². The van der Waals surface area contributed by atoms with Crippen LogP contribution in [0.1, 0.15) is 90.7 Å². The molecule has 0 saturated carbocycles. The second-order valence-electron chi connectivity index (χ2n) is 9.16. The zero-order chi connectivity index (χ0) is 32.2. The summed E-state index contributed by atoms with van der Waals surface area (Å²) in [5.74, 6) is 1.08. The van der Waals surface area contributed by atoms with Crippen LogP contribution in [0.15, 0.2) is 24.3 Å². The van der Waals surface area contributed by atoms with Gasteiger partial charge in [-0.15, -0.1) is 0 Å². The summed E-state index contributed by atoms with van der Waals surface area (Å²) in [6.45, 7) is 12.3. The Bertz CT molecular complexity index is 737. The molecule has 0 aliphatic heterocycles. The molecule has 9 heteroatoms. The van der Waals surface area contributed by atoms with Gasteiger partial charge in [-0.25, -0.2) is 0 Å². The number of nitrogens with two attached hydrogens (primary N) is 1. The number of nitrogens with one attached hydrogen (secondary N) is 2. The number of nitrogens with zero attached hydrogens (tertiary/aromatic N) is 1. The van der Waals surface area contributed by atoms with Crippen molar-refractivity contribution < 1.29 is 23.9 Å². The maximum atomic E-state index is 10.9. The number of aryl methyl sites for hydroxylation is 1. The highest BCUT2D eigenvalue weighted by Gasteiger charge is 2.05. The number of hydrogen-bond donors (Lipinski definition) is 3. The van der Waals surface area contributed by atoms with Gasteiger partial charge in [-0.05, 0) is 64.3 Å². The number of carbonyl (C=O) groups excluding carboxylic acids is 4. The van der Waals surface area contributed by atoms with Crippen LogP contribution in [0.3, 0.4) is 0 Å². The number of hydrogen-bond acceptors (Lipinski definition) is 8. The van der Waals surface area contributed by atoms with Crippen LogP contribution in [0, 0.1) is 30.1 Å². The highest BCUT2D eigenvalue weighted by atomic mass is 16.4. The number of rotatable bonds is 12. The van der Waals surface area contributed by atoms with Gasteiger partial charge in [-0.2, -0.15) is 5.26 Å². The van der Waals surface area contributed by atoms with E-state index in [9.17, 15) is 19.2 Å². The largest absolute Gasteiger partial charge is 0.388 e. The van der Waals surface area contributed by atoms with Crippen LogP contribution in [0.2, 0.25) is 0 Å². The van der Waals surface area contributed by atoms with Crippen molar-refractivity contribution in [2.75, 3.05) is 28.3 Å². The Labute approximate surface area is 244 Å². The van der Waals surface area contributed by atoms with Crippen LogP contribution in [-0.2, 0) is 23.9 Å². The van der Waals surface area contributed by atoms with Crippen molar-refractivity contribution >= 4 is 24.9 Å². The standard InChI is InChI=1S/C10H19NO2.C8H7N.C6H12O.C4H9NO.C2H6O.CH5N/c1-3-4-5-9(2)6-7-10(13)11-8-12;1-7-4-2-3-5-8(7)6-9;1-6(2)4-3-5-7;1-4(3-6)5-2;1-3-2;1-2/h8-9H,3-7H2,1-2H3,(H,11,12,13);2-5H,1H3;5-6H,3-4H2,1-2H3;3-5H,1-2H3;1-2H3;2H2,1H3. The smallest absolute Gasteiger partial charge is 0.226 e. The number of benzene rings is 1. The molecule has 0 saturated heterocycles. The third-order valence-electron chi connectivity index (χ3n) is 4.92. The van der Waals surface area contributed by atoms with E-state index in [0.29, 0.717) is 24.7 Å². The summed E-state index contributed by atoms with van der Waals surface area (Å²) in [5.41, 5.74) is 6.30. The summed E-state index contributed by atoms with van der Waals surface area (Å²) < 4.78 is 4.25. The first-order valence-electron chi connectivity index (χ1n) is 13.8. The van der Waals surface area contributed by atoms with Crippen molar-refractivity contribution in [3.8, 4) is 6.07 Å². The van der Waals surface area contributed by atoms with E-state index in [2.05, 4.69) is 54.9 Å². The number of methoxy groups -OCH3 is 1. The molecule has 9 nitrogen and oxygen atoms in total. The summed E-state index contributed by atoms with van der Waals surface area (Å²) in [4.78, 5) is 40.2. The second kappa shape index (κ2) is 40.6. The minimum Gasteiger partial charge on any atom is -0.388 e. The predicted molar refractivity (Wildman–Crippen MR) is 166 cm³/mol. The summed E-state index contributed by atoms with van der Waals surface area (Å²) in [6, 6.07) is 9.64. The lowest BCUT2D eigenvalue weighted by Crippen LogP contribution is -2.21. The molecule has 4 N–H and O–H groups in total. The van der Waals surface area contributed by atoms with Gasteiger partial charge in [0.05, 0.1) is 17.7 Å². The SMILES string of the molecule is CC(C)CCC=O.CCCCC(C)CCC(=O)NC=O.CN.CNC(C)C=O.COC.Cc1ccccc1C#N. The normalized spacial score (nSPS) is 10.2. The van der Waals surface area contributed by atoms with Crippen molar-refractivity contribution in [1.29, 1.82) is 5.26 Å². The molecule has 40 heavy (non-hydrogen) atoms. The van der Waals surface area contributed by atoms with E-state index in [1.54, 1.807) is 28.2 Å². The zero-order valence-corrected chi connectivity index (χ0v) is 26.8. The van der Waals surface area contributed by atoms with E-state index in [0.717, 1.165) is 43.0 Å². The van der Waals surface area contributed by atoms with Crippen molar-refractivity contribution in [2.24, 2.45) is 17.6 Å². The number of imide groups is 1. The quantitative estimate of drug-likeness (QED) is 0.300. The van der Waals surface area contributed by atoms with Gasteiger partial charge in [0.1, 0.15) is 12.6 Å². The number of likely N-dealkylation sites (N-methyl/N-ethyl adjacent to an activating group) is 1. The fourth-order valence-corrected chi connectivity index (χ4v) is 2.38. The molecule has 0 aliphatic rings. The van der Waals surface area contributed by atoms with E-state index >= 15 is 0 Å². The van der Waals surface area contributed by atoms with E-state index < -0.39 is 0 Å². The third kappa shape index (κ3) is 45.0. The van der Waals surface area contributed by atoms with Crippen LogP contribution in [0.4, 0.5) is 0 Å². The van der Waals surface area contributed by atoms with Gasteiger partial charge in [0.15, 0.2) is 0 Å². The maximum absolute atomic E-state index is 10.9. The fourth-order valence-electron chi connectivity index (χ4n) is 2.38.